The van der Waals surface area contributed by atoms with Gasteiger partial charge in [0.2, 0.25) is 0 Å². The molecule has 1 N–H and O–H groups in total. The molecular formula is C20H17N5O2S. The second-order valence-electron chi connectivity index (χ2n) is 6.25. The van der Waals surface area contributed by atoms with Gasteiger partial charge in [-0.1, -0.05) is 30.0 Å². The van der Waals surface area contributed by atoms with Crippen molar-refractivity contribution < 1.29 is 4.79 Å². The molecule has 28 heavy (non-hydrogen) atoms. The van der Waals surface area contributed by atoms with Crippen molar-refractivity contribution in [3.8, 4) is 11.9 Å². The number of aryl methyl sites for hydroxylation is 1. The summed E-state index contributed by atoms with van der Waals surface area (Å²) in [5.41, 5.74) is 1.19. The van der Waals surface area contributed by atoms with Gasteiger partial charge in [-0.05, 0) is 37.6 Å². The molecule has 0 unspecified atom stereocenters. The Labute approximate surface area is 165 Å². The average molecular weight is 391 g/mol. The monoisotopic (exact) mass is 391 g/mol. The molecule has 0 bridgehead atoms. The Balaban J connectivity index is 2.08. The molecule has 0 amide bonds. The number of aromatic nitrogens is 3. The summed E-state index contributed by atoms with van der Waals surface area (Å²) in [4.78, 5) is 34.2. The molecular weight excluding hydrogens is 374 g/mol. The SMILES string of the molecule is CC(=N)[C@H](C#N)C(=O)CSc1nc2ccccc2c(=O)n1-c1ccc(C)cn1. The van der Waals surface area contributed by atoms with E-state index in [2.05, 4.69) is 9.97 Å². The molecule has 1 aromatic carbocycles. The number of ketones is 1. The summed E-state index contributed by atoms with van der Waals surface area (Å²) < 4.78 is 1.37. The van der Waals surface area contributed by atoms with Gasteiger partial charge in [0.25, 0.3) is 5.56 Å². The molecule has 8 heteroatoms. The van der Waals surface area contributed by atoms with Crippen LogP contribution in [0.15, 0.2) is 52.5 Å². The Bertz CT molecular complexity index is 1160. The zero-order valence-corrected chi connectivity index (χ0v) is 16.2. The summed E-state index contributed by atoms with van der Waals surface area (Å²) in [6.45, 7) is 3.32. The van der Waals surface area contributed by atoms with E-state index in [1.165, 1.54) is 11.5 Å². The van der Waals surface area contributed by atoms with E-state index in [1.807, 2.05) is 19.1 Å². The molecule has 0 radical (unpaired) electrons. The zero-order valence-electron chi connectivity index (χ0n) is 15.3. The predicted molar refractivity (Wildman–Crippen MR) is 108 cm³/mol. The molecule has 0 aliphatic carbocycles. The topological polar surface area (TPSA) is 112 Å². The number of benzene rings is 1. The van der Waals surface area contributed by atoms with Gasteiger partial charge in [-0.3, -0.25) is 9.59 Å². The molecule has 0 fully saturated rings. The molecule has 2 aromatic heterocycles. The second-order valence-corrected chi connectivity index (χ2v) is 7.19. The van der Waals surface area contributed by atoms with Crippen LogP contribution in [0.4, 0.5) is 0 Å². The lowest BCUT2D eigenvalue weighted by molar-refractivity contribution is -0.117. The minimum atomic E-state index is -1.09. The molecule has 7 nitrogen and oxygen atoms in total. The number of nitrogens with one attached hydrogen (secondary N) is 1. The van der Waals surface area contributed by atoms with Gasteiger partial charge in [-0.25, -0.2) is 14.5 Å². The standard InChI is InChI=1S/C20H17N5O2S/c1-12-7-8-18(23-10-12)25-19(27)14-5-3-4-6-16(14)24-20(25)28-11-17(26)15(9-21)13(2)22/h3-8,10,15,22H,11H2,1-2H3/t15-/m0/s1. The van der Waals surface area contributed by atoms with Gasteiger partial charge in [0.05, 0.1) is 22.7 Å². The zero-order chi connectivity index (χ0) is 20.3. The number of nitriles is 1. The Kier molecular flexibility index (Phi) is 5.66. The number of fused-ring (bicyclic) bond motifs is 1. The molecule has 0 aliphatic rings. The van der Waals surface area contributed by atoms with Crippen LogP contribution in [0, 0.1) is 29.6 Å². The number of carbonyl (C=O) groups excluding carboxylic acids is 1. The minimum Gasteiger partial charge on any atom is -0.308 e. The van der Waals surface area contributed by atoms with E-state index in [1.54, 1.807) is 36.5 Å². The van der Waals surface area contributed by atoms with E-state index in [9.17, 15) is 9.59 Å². The second kappa shape index (κ2) is 8.15. The Morgan fingerprint density at radius 2 is 2.07 bits per heavy atom. The van der Waals surface area contributed by atoms with Gasteiger partial charge in [0.15, 0.2) is 10.9 Å². The summed E-state index contributed by atoms with van der Waals surface area (Å²) >= 11 is 1.06. The van der Waals surface area contributed by atoms with E-state index in [0.29, 0.717) is 21.9 Å². The summed E-state index contributed by atoms with van der Waals surface area (Å²) in [5, 5.41) is 17.4. The summed E-state index contributed by atoms with van der Waals surface area (Å²) in [5.74, 6) is -1.16. The molecule has 2 heterocycles. The van der Waals surface area contributed by atoms with Crippen LogP contribution in [0.25, 0.3) is 16.7 Å². The van der Waals surface area contributed by atoms with Crippen molar-refractivity contribution in [3.05, 3.63) is 58.5 Å². The molecule has 3 aromatic rings. The third-order valence-electron chi connectivity index (χ3n) is 4.10. The molecule has 0 spiro atoms. The van der Waals surface area contributed by atoms with Crippen LogP contribution in [-0.2, 0) is 4.79 Å². The van der Waals surface area contributed by atoms with Crippen LogP contribution < -0.4 is 5.56 Å². The fourth-order valence-electron chi connectivity index (χ4n) is 2.63. The number of carbonyl (C=O) groups is 1. The fraction of sp³-hybridized carbons (Fsp3) is 0.200. The first-order valence-electron chi connectivity index (χ1n) is 8.47. The highest BCUT2D eigenvalue weighted by atomic mass is 32.2. The maximum Gasteiger partial charge on any atom is 0.267 e. The molecule has 0 saturated carbocycles. The third-order valence-corrected chi connectivity index (χ3v) is 5.06. The first-order chi connectivity index (χ1) is 13.4. The lowest BCUT2D eigenvalue weighted by atomic mass is 10.0. The quantitative estimate of drug-likeness (QED) is 0.393. The Morgan fingerprint density at radius 1 is 1.32 bits per heavy atom. The van der Waals surface area contributed by atoms with E-state index >= 15 is 0 Å². The molecule has 1 atom stereocenters. The number of pyridine rings is 1. The van der Waals surface area contributed by atoms with Crippen LogP contribution in [0.3, 0.4) is 0 Å². The highest BCUT2D eigenvalue weighted by molar-refractivity contribution is 7.99. The number of Topliss-reactive ketones (excluding diaryl/α,β-unsaturated/α-hetero) is 1. The number of rotatable bonds is 6. The smallest absolute Gasteiger partial charge is 0.267 e. The number of hydrogen-bond acceptors (Lipinski definition) is 7. The summed E-state index contributed by atoms with van der Waals surface area (Å²) in [7, 11) is 0. The van der Waals surface area contributed by atoms with E-state index in [0.717, 1.165) is 17.3 Å². The average Bonchev–Trinajstić information content (AvgIpc) is 2.68. The number of hydrogen-bond donors (Lipinski definition) is 1. The van der Waals surface area contributed by atoms with Crippen molar-refractivity contribution >= 4 is 34.2 Å². The van der Waals surface area contributed by atoms with Crippen LogP contribution in [0.5, 0.6) is 0 Å². The third kappa shape index (κ3) is 3.85. The Morgan fingerprint density at radius 3 is 2.71 bits per heavy atom. The van der Waals surface area contributed by atoms with Crippen LogP contribution >= 0.6 is 11.8 Å². The minimum absolute atomic E-state index is 0.00263. The predicted octanol–water partition coefficient (Wildman–Crippen LogP) is 2.93. The molecule has 0 aliphatic heterocycles. The number of thioether (sulfide) groups is 1. The number of para-hydroxylation sites is 1. The van der Waals surface area contributed by atoms with Gasteiger partial charge in [0.1, 0.15) is 11.7 Å². The van der Waals surface area contributed by atoms with Crippen LogP contribution in [-0.4, -0.2) is 31.8 Å². The first kappa shape index (κ1) is 19.5. The van der Waals surface area contributed by atoms with E-state index < -0.39 is 11.7 Å². The van der Waals surface area contributed by atoms with Crippen molar-refractivity contribution in [3.63, 3.8) is 0 Å². The van der Waals surface area contributed by atoms with Crippen molar-refractivity contribution in [2.75, 3.05) is 5.75 Å². The first-order valence-corrected chi connectivity index (χ1v) is 9.46. The molecule has 0 saturated heterocycles. The fourth-order valence-corrected chi connectivity index (χ4v) is 3.54. The largest absolute Gasteiger partial charge is 0.308 e. The van der Waals surface area contributed by atoms with Gasteiger partial charge in [-0.15, -0.1) is 0 Å². The highest BCUT2D eigenvalue weighted by Crippen LogP contribution is 2.21. The summed E-state index contributed by atoms with van der Waals surface area (Å²) in [6.07, 6.45) is 1.65. The molecule has 140 valence electrons. The maximum atomic E-state index is 13.1. The van der Waals surface area contributed by atoms with Crippen molar-refractivity contribution in [2.45, 2.75) is 19.0 Å². The lowest BCUT2D eigenvalue weighted by Gasteiger charge is -2.13. The van der Waals surface area contributed by atoms with Crippen LogP contribution in [0.1, 0.15) is 12.5 Å². The van der Waals surface area contributed by atoms with Gasteiger partial charge >= 0.3 is 0 Å². The molecule has 3 rings (SSSR count). The van der Waals surface area contributed by atoms with Crippen molar-refractivity contribution in [2.24, 2.45) is 5.92 Å². The van der Waals surface area contributed by atoms with E-state index in [4.69, 9.17) is 10.7 Å². The number of nitrogens with zero attached hydrogens (tertiary/aromatic N) is 4. The van der Waals surface area contributed by atoms with Crippen LogP contribution in [0.2, 0.25) is 0 Å². The van der Waals surface area contributed by atoms with Gasteiger partial charge in [0, 0.05) is 11.9 Å². The normalized spacial score (nSPS) is 11.8. The Hall–Kier alpha value is -3.31. The maximum absolute atomic E-state index is 13.1. The summed E-state index contributed by atoms with van der Waals surface area (Å²) in [6, 6.07) is 12.4. The highest BCUT2D eigenvalue weighted by Gasteiger charge is 2.22. The van der Waals surface area contributed by atoms with E-state index in [-0.39, 0.29) is 17.0 Å². The lowest BCUT2D eigenvalue weighted by Crippen LogP contribution is -2.25. The van der Waals surface area contributed by atoms with Gasteiger partial charge < -0.3 is 5.41 Å². The van der Waals surface area contributed by atoms with Gasteiger partial charge in [-0.2, -0.15) is 5.26 Å². The van der Waals surface area contributed by atoms with Crippen molar-refractivity contribution in [1.82, 2.24) is 14.5 Å². The van der Waals surface area contributed by atoms with Crippen molar-refractivity contribution in [1.29, 1.82) is 10.7 Å².